The highest BCUT2D eigenvalue weighted by Gasteiger charge is 2.58. The van der Waals surface area contributed by atoms with Crippen LogP contribution in [0.2, 0.25) is 0 Å². The SMILES string of the molecule is COC1(C)CC(NC(=O)NCC(C)CCO)C1(C)C. The number of ether oxygens (including phenoxy) is 1. The van der Waals surface area contributed by atoms with Crippen molar-refractivity contribution >= 4 is 6.03 Å². The van der Waals surface area contributed by atoms with Crippen molar-refractivity contribution in [2.24, 2.45) is 11.3 Å². The zero-order chi connectivity index (χ0) is 14.7. The monoisotopic (exact) mass is 272 g/mol. The molecule has 3 unspecified atom stereocenters. The highest BCUT2D eigenvalue weighted by Crippen LogP contribution is 2.51. The van der Waals surface area contributed by atoms with Gasteiger partial charge in [0.1, 0.15) is 0 Å². The lowest BCUT2D eigenvalue weighted by Crippen LogP contribution is -2.69. The molecule has 0 aromatic rings. The number of aliphatic hydroxyl groups is 1. The van der Waals surface area contributed by atoms with Crippen LogP contribution in [0.25, 0.3) is 0 Å². The molecule has 1 aliphatic rings. The molecule has 0 aliphatic heterocycles. The Balaban J connectivity index is 2.35. The minimum atomic E-state index is -0.172. The number of carbonyl (C=O) groups excluding carboxylic acids is 1. The maximum Gasteiger partial charge on any atom is 0.315 e. The van der Waals surface area contributed by atoms with Gasteiger partial charge in [-0.3, -0.25) is 0 Å². The molecule has 1 rings (SSSR count). The van der Waals surface area contributed by atoms with E-state index < -0.39 is 0 Å². The van der Waals surface area contributed by atoms with Crippen LogP contribution in [0, 0.1) is 11.3 Å². The summed E-state index contributed by atoms with van der Waals surface area (Å²) in [4.78, 5) is 11.8. The maximum absolute atomic E-state index is 11.8. The molecule has 3 N–H and O–H groups in total. The quantitative estimate of drug-likeness (QED) is 0.686. The van der Waals surface area contributed by atoms with Crippen LogP contribution in [-0.2, 0) is 4.74 Å². The van der Waals surface area contributed by atoms with Gasteiger partial charge in [-0.2, -0.15) is 0 Å². The summed E-state index contributed by atoms with van der Waals surface area (Å²) in [6.07, 6.45) is 1.53. The van der Waals surface area contributed by atoms with Crippen LogP contribution in [0.4, 0.5) is 4.79 Å². The molecule has 0 radical (unpaired) electrons. The van der Waals surface area contributed by atoms with Crippen LogP contribution in [0.15, 0.2) is 0 Å². The second-order valence-electron chi connectivity index (χ2n) is 6.39. The molecule has 0 bridgehead atoms. The lowest BCUT2D eigenvalue weighted by atomic mass is 9.56. The molecule has 0 aromatic heterocycles. The summed E-state index contributed by atoms with van der Waals surface area (Å²) in [7, 11) is 1.72. The first-order valence-electron chi connectivity index (χ1n) is 6.97. The fraction of sp³-hybridized carbons (Fsp3) is 0.929. The van der Waals surface area contributed by atoms with Crippen molar-refractivity contribution in [1.82, 2.24) is 10.6 Å². The molecular weight excluding hydrogens is 244 g/mol. The van der Waals surface area contributed by atoms with E-state index in [-0.39, 0.29) is 35.6 Å². The normalized spacial score (nSPS) is 30.3. The van der Waals surface area contributed by atoms with Crippen LogP contribution >= 0.6 is 0 Å². The van der Waals surface area contributed by atoms with Crippen molar-refractivity contribution < 1.29 is 14.6 Å². The summed E-state index contributed by atoms with van der Waals surface area (Å²) in [6.45, 7) is 9.05. The van der Waals surface area contributed by atoms with E-state index in [1.54, 1.807) is 7.11 Å². The molecule has 1 fully saturated rings. The molecule has 2 amide bonds. The van der Waals surface area contributed by atoms with Gasteiger partial charge in [-0.15, -0.1) is 0 Å². The fourth-order valence-electron chi connectivity index (χ4n) is 2.52. The van der Waals surface area contributed by atoms with Crippen molar-refractivity contribution in [3.8, 4) is 0 Å². The number of nitrogens with one attached hydrogen (secondary N) is 2. The lowest BCUT2D eigenvalue weighted by Gasteiger charge is -2.59. The van der Waals surface area contributed by atoms with E-state index in [1.165, 1.54) is 0 Å². The van der Waals surface area contributed by atoms with Gasteiger partial charge < -0.3 is 20.5 Å². The Bertz CT molecular complexity index is 320. The second-order valence-corrected chi connectivity index (χ2v) is 6.39. The number of carbonyl (C=O) groups is 1. The number of hydrogen-bond donors (Lipinski definition) is 3. The Labute approximate surface area is 116 Å². The summed E-state index contributed by atoms with van der Waals surface area (Å²) in [5.41, 5.74) is -0.245. The zero-order valence-electron chi connectivity index (χ0n) is 12.7. The lowest BCUT2D eigenvalue weighted by molar-refractivity contribution is -0.177. The van der Waals surface area contributed by atoms with Crippen molar-refractivity contribution in [2.45, 2.75) is 52.2 Å². The molecule has 0 spiro atoms. The average Bonchev–Trinajstić information content (AvgIpc) is 2.36. The van der Waals surface area contributed by atoms with Gasteiger partial charge in [0.25, 0.3) is 0 Å². The van der Waals surface area contributed by atoms with Crippen molar-refractivity contribution in [2.75, 3.05) is 20.3 Å². The zero-order valence-corrected chi connectivity index (χ0v) is 12.7. The largest absolute Gasteiger partial charge is 0.396 e. The van der Waals surface area contributed by atoms with Crippen molar-refractivity contribution in [3.63, 3.8) is 0 Å². The molecule has 19 heavy (non-hydrogen) atoms. The Morgan fingerprint density at radius 1 is 1.47 bits per heavy atom. The molecule has 0 aromatic carbocycles. The van der Waals surface area contributed by atoms with Gasteiger partial charge in [0.05, 0.1) is 5.60 Å². The Hall–Kier alpha value is -0.810. The third-order valence-corrected chi connectivity index (χ3v) is 4.82. The fourth-order valence-corrected chi connectivity index (χ4v) is 2.52. The van der Waals surface area contributed by atoms with Crippen LogP contribution < -0.4 is 10.6 Å². The van der Waals surface area contributed by atoms with E-state index in [9.17, 15) is 4.79 Å². The van der Waals surface area contributed by atoms with Gasteiger partial charge in [-0.25, -0.2) is 4.79 Å². The number of amides is 2. The molecule has 1 saturated carbocycles. The average molecular weight is 272 g/mol. The summed E-state index contributed by atoms with van der Waals surface area (Å²) in [5, 5.41) is 14.7. The minimum Gasteiger partial charge on any atom is -0.396 e. The van der Waals surface area contributed by atoms with Gasteiger partial charge >= 0.3 is 6.03 Å². The molecule has 1 aliphatic carbocycles. The molecule has 0 heterocycles. The van der Waals surface area contributed by atoms with Gasteiger partial charge in [0, 0.05) is 31.7 Å². The second kappa shape index (κ2) is 6.09. The van der Waals surface area contributed by atoms with E-state index in [0.29, 0.717) is 13.0 Å². The highest BCUT2D eigenvalue weighted by molar-refractivity contribution is 5.74. The molecule has 5 heteroatoms. The van der Waals surface area contributed by atoms with Gasteiger partial charge in [0.2, 0.25) is 0 Å². The third kappa shape index (κ3) is 3.39. The molecular formula is C14H28N2O3. The number of rotatable bonds is 6. The molecule has 5 nitrogen and oxygen atoms in total. The number of hydrogen-bond acceptors (Lipinski definition) is 3. The van der Waals surface area contributed by atoms with E-state index in [4.69, 9.17) is 9.84 Å². The maximum atomic E-state index is 11.8. The topological polar surface area (TPSA) is 70.6 Å². The summed E-state index contributed by atoms with van der Waals surface area (Å²) >= 11 is 0. The standard InChI is InChI=1S/C14H28N2O3/c1-10(6-7-17)9-15-12(18)16-11-8-14(4,19-5)13(11,2)3/h10-11,17H,6-9H2,1-5H3,(H2,15,16,18). The van der Waals surface area contributed by atoms with Crippen LogP contribution in [0.3, 0.4) is 0 Å². The van der Waals surface area contributed by atoms with E-state index in [2.05, 4.69) is 31.4 Å². The van der Waals surface area contributed by atoms with Gasteiger partial charge in [0.15, 0.2) is 0 Å². The predicted octanol–water partition coefficient (Wildman–Crippen LogP) is 1.51. The van der Waals surface area contributed by atoms with Crippen molar-refractivity contribution in [3.05, 3.63) is 0 Å². The summed E-state index contributed by atoms with van der Waals surface area (Å²) in [6, 6.07) is -0.00776. The molecule has 112 valence electrons. The molecule has 0 saturated heterocycles. The smallest absolute Gasteiger partial charge is 0.315 e. The first kappa shape index (κ1) is 16.2. The van der Waals surface area contributed by atoms with Gasteiger partial charge in [-0.1, -0.05) is 20.8 Å². The van der Waals surface area contributed by atoms with Gasteiger partial charge in [-0.05, 0) is 25.7 Å². The predicted molar refractivity (Wildman–Crippen MR) is 75.0 cm³/mol. The Morgan fingerprint density at radius 2 is 2.11 bits per heavy atom. The van der Waals surface area contributed by atoms with Crippen LogP contribution in [0.1, 0.15) is 40.5 Å². The Kier molecular flexibility index (Phi) is 5.21. The van der Waals surface area contributed by atoms with E-state index in [1.807, 2.05) is 6.92 Å². The molecule has 3 atom stereocenters. The van der Waals surface area contributed by atoms with E-state index >= 15 is 0 Å². The van der Waals surface area contributed by atoms with Crippen molar-refractivity contribution in [1.29, 1.82) is 0 Å². The number of methoxy groups -OCH3 is 1. The minimum absolute atomic E-state index is 0.0736. The highest BCUT2D eigenvalue weighted by atomic mass is 16.5. The van der Waals surface area contributed by atoms with E-state index in [0.717, 1.165) is 6.42 Å². The van der Waals surface area contributed by atoms with Crippen LogP contribution in [-0.4, -0.2) is 43.0 Å². The Morgan fingerprint density at radius 3 is 2.58 bits per heavy atom. The first-order valence-corrected chi connectivity index (χ1v) is 6.97. The number of urea groups is 1. The summed E-state index contributed by atoms with van der Waals surface area (Å²) < 4.78 is 5.53. The van der Waals surface area contributed by atoms with Crippen LogP contribution in [0.5, 0.6) is 0 Å². The number of aliphatic hydroxyl groups excluding tert-OH is 1. The third-order valence-electron chi connectivity index (χ3n) is 4.82. The first-order chi connectivity index (χ1) is 8.76. The summed E-state index contributed by atoms with van der Waals surface area (Å²) in [5.74, 6) is 0.286.